The Morgan fingerprint density at radius 3 is 2.86 bits per heavy atom. The predicted molar refractivity (Wildman–Crippen MR) is 59.9 cm³/mol. The van der Waals surface area contributed by atoms with Gasteiger partial charge in [0.15, 0.2) is 0 Å². The average Bonchev–Trinajstić information content (AvgIpc) is 2.19. The van der Waals surface area contributed by atoms with E-state index in [0.29, 0.717) is 18.3 Å². The Bertz CT molecular complexity index is 306. The van der Waals surface area contributed by atoms with E-state index >= 15 is 0 Å². The minimum Gasteiger partial charge on any atom is -0.493 e. The summed E-state index contributed by atoms with van der Waals surface area (Å²) in [6.45, 7) is 2.65. The van der Waals surface area contributed by atoms with E-state index in [4.69, 9.17) is 16.3 Å². The summed E-state index contributed by atoms with van der Waals surface area (Å²) in [5.41, 5.74) is 0. The van der Waals surface area contributed by atoms with Crippen LogP contribution in [0.15, 0.2) is 18.2 Å². The van der Waals surface area contributed by atoms with E-state index in [0.717, 1.165) is 5.33 Å². The zero-order chi connectivity index (χ0) is 10.6. The number of hydrogen-bond donors (Lipinski definition) is 0. The molecule has 0 aliphatic carbocycles. The van der Waals surface area contributed by atoms with Crippen LogP contribution < -0.4 is 4.74 Å². The summed E-state index contributed by atoms with van der Waals surface area (Å²) in [4.78, 5) is 0. The van der Waals surface area contributed by atoms with E-state index in [1.807, 2.05) is 0 Å². The highest BCUT2D eigenvalue weighted by Gasteiger charge is 2.04. The second-order valence-corrected chi connectivity index (χ2v) is 4.20. The summed E-state index contributed by atoms with van der Waals surface area (Å²) in [7, 11) is 0. The molecule has 0 aliphatic rings. The Morgan fingerprint density at radius 2 is 2.29 bits per heavy atom. The van der Waals surface area contributed by atoms with Crippen LogP contribution in [-0.4, -0.2) is 11.9 Å². The van der Waals surface area contributed by atoms with Crippen LogP contribution in [-0.2, 0) is 0 Å². The number of hydrogen-bond acceptors (Lipinski definition) is 1. The Balaban J connectivity index is 2.55. The third kappa shape index (κ3) is 3.46. The van der Waals surface area contributed by atoms with E-state index in [9.17, 15) is 4.39 Å². The number of alkyl halides is 1. The second-order valence-electron chi connectivity index (χ2n) is 3.15. The lowest BCUT2D eigenvalue weighted by Crippen LogP contribution is -2.09. The molecular weight excluding hydrogens is 270 g/mol. The zero-order valence-corrected chi connectivity index (χ0v) is 10.1. The third-order valence-electron chi connectivity index (χ3n) is 1.69. The summed E-state index contributed by atoms with van der Waals surface area (Å²) in [5, 5.41) is 0.969. The highest BCUT2D eigenvalue weighted by Crippen LogP contribution is 2.21. The Morgan fingerprint density at radius 1 is 1.57 bits per heavy atom. The SMILES string of the molecule is CC(CBr)COc1ccc(F)c(Cl)c1. The van der Waals surface area contributed by atoms with Crippen LogP contribution in [0.2, 0.25) is 5.02 Å². The minimum atomic E-state index is -0.424. The van der Waals surface area contributed by atoms with Gasteiger partial charge in [0, 0.05) is 11.4 Å². The molecule has 0 saturated heterocycles. The topological polar surface area (TPSA) is 9.23 Å². The van der Waals surface area contributed by atoms with Gasteiger partial charge in [-0.2, -0.15) is 0 Å². The Labute approximate surface area is 96.3 Å². The first kappa shape index (κ1) is 11.8. The number of benzene rings is 1. The molecule has 0 aliphatic heterocycles. The van der Waals surface area contributed by atoms with Gasteiger partial charge in [0.05, 0.1) is 11.6 Å². The van der Waals surface area contributed by atoms with E-state index in [1.165, 1.54) is 12.1 Å². The molecule has 14 heavy (non-hydrogen) atoms. The van der Waals surface area contributed by atoms with Crippen molar-refractivity contribution in [3.05, 3.63) is 29.0 Å². The van der Waals surface area contributed by atoms with Crippen molar-refractivity contribution in [2.45, 2.75) is 6.92 Å². The number of rotatable bonds is 4. The van der Waals surface area contributed by atoms with Crippen molar-refractivity contribution >= 4 is 27.5 Å². The van der Waals surface area contributed by atoms with Crippen molar-refractivity contribution in [3.8, 4) is 5.75 Å². The van der Waals surface area contributed by atoms with E-state index < -0.39 is 5.82 Å². The van der Waals surface area contributed by atoms with Gasteiger partial charge in [-0.1, -0.05) is 34.5 Å². The molecule has 0 bridgehead atoms. The Kier molecular flexibility index (Phi) is 4.69. The highest BCUT2D eigenvalue weighted by molar-refractivity contribution is 9.09. The monoisotopic (exact) mass is 280 g/mol. The molecule has 0 aromatic heterocycles. The molecule has 1 unspecified atom stereocenters. The molecule has 0 amide bonds. The standard InChI is InChI=1S/C10H11BrClFO/c1-7(5-11)6-14-8-2-3-10(13)9(12)4-8/h2-4,7H,5-6H2,1H3. The maximum atomic E-state index is 12.8. The van der Waals surface area contributed by atoms with Gasteiger partial charge in [-0.3, -0.25) is 0 Å². The number of ether oxygens (including phenoxy) is 1. The molecule has 78 valence electrons. The van der Waals surface area contributed by atoms with Crippen LogP contribution in [0.4, 0.5) is 4.39 Å². The van der Waals surface area contributed by atoms with Crippen molar-refractivity contribution in [1.82, 2.24) is 0 Å². The van der Waals surface area contributed by atoms with Crippen molar-refractivity contribution in [2.24, 2.45) is 5.92 Å². The summed E-state index contributed by atoms with van der Waals surface area (Å²) in [6.07, 6.45) is 0. The first-order chi connectivity index (χ1) is 6.63. The minimum absolute atomic E-state index is 0.0917. The van der Waals surface area contributed by atoms with E-state index in [-0.39, 0.29) is 5.02 Å². The average molecular weight is 282 g/mol. The number of halogens is 3. The molecule has 1 atom stereocenters. The first-order valence-electron chi connectivity index (χ1n) is 4.27. The molecule has 1 rings (SSSR count). The van der Waals surface area contributed by atoms with Crippen LogP contribution in [0.3, 0.4) is 0 Å². The van der Waals surface area contributed by atoms with Crippen LogP contribution >= 0.6 is 27.5 Å². The summed E-state index contributed by atoms with van der Waals surface area (Å²) in [5.74, 6) is 0.593. The fourth-order valence-corrected chi connectivity index (χ4v) is 1.21. The molecule has 0 N–H and O–H groups in total. The molecule has 0 fully saturated rings. The molecule has 0 radical (unpaired) electrons. The van der Waals surface area contributed by atoms with Crippen LogP contribution in [0.25, 0.3) is 0 Å². The molecule has 1 aromatic rings. The molecule has 1 nitrogen and oxygen atoms in total. The van der Waals surface area contributed by atoms with Crippen molar-refractivity contribution < 1.29 is 9.13 Å². The van der Waals surface area contributed by atoms with Gasteiger partial charge in [-0.05, 0) is 18.1 Å². The maximum absolute atomic E-state index is 12.8. The van der Waals surface area contributed by atoms with Crippen molar-refractivity contribution in [3.63, 3.8) is 0 Å². The largest absolute Gasteiger partial charge is 0.493 e. The van der Waals surface area contributed by atoms with Crippen molar-refractivity contribution in [1.29, 1.82) is 0 Å². The molecule has 0 heterocycles. The van der Waals surface area contributed by atoms with Crippen molar-refractivity contribution in [2.75, 3.05) is 11.9 Å². The van der Waals surface area contributed by atoms with Crippen LogP contribution in [0.5, 0.6) is 5.75 Å². The second kappa shape index (κ2) is 5.56. The maximum Gasteiger partial charge on any atom is 0.142 e. The Hall–Kier alpha value is -0.280. The smallest absolute Gasteiger partial charge is 0.142 e. The first-order valence-corrected chi connectivity index (χ1v) is 5.77. The summed E-state index contributed by atoms with van der Waals surface area (Å²) < 4.78 is 18.2. The quantitative estimate of drug-likeness (QED) is 0.761. The van der Waals surface area contributed by atoms with E-state index in [2.05, 4.69) is 22.9 Å². The lowest BCUT2D eigenvalue weighted by atomic mass is 10.2. The predicted octanol–water partition coefficient (Wildman–Crippen LogP) is 3.89. The molecule has 0 saturated carbocycles. The fourth-order valence-electron chi connectivity index (χ4n) is 0.850. The highest BCUT2D eigenvalue weighted by atomic mass is 79.9. The van der Waals surface area contributed by atoms with Gasteiger partial charge >= 0.3 is 0 Å². The van der Waals surface area contributed by atoms with Gasteiger partial charge in [0.1, 0.15) is 11.6 Å². The van der Waals surface area contributed by atoms with Crippen LogP contribution in [0, 0.1) is 11.7 Å². The van der Waals surface area contributed by atoms with Gasteiger partial charge in [0.2, 0.25) is 0 Å². The zero-order valence-electron chi connectivity index (χ0n) is 7.77. The van der Waals surface area contributed by atoms with E-state index in [1.54, 1.807) is 6.07 Å². The normalized spacial score (nSPS) is 12.6. The molecular formula is C10H11BrClFO. The lowest BCUT2D eigenvalue weighted by Gasteiger charge is -2.10. The molecule has 0 spiro atoms. The molecule has 4 heteroatoms. The third-order valence-corrected chi connectivity index (χ3v) is 3.08. The van der Waals surface area contributed by atoms with Gasteiger partial charge < -0.3 is 4.74 Å². The van der Waals surface area contributed by atoms with Gasteiger partial charge in [-0.25, -0.2) is 4.39 Å². The fraction of sp³-hybridized carbons (Fsp3) is 0.400. The van der Waals surface area contributed by atoms with Gasteiger partial charge in [-0.15, -0.1) is 0 Å². The van der Waals surface area contributed by atoms with Gasteiger partial charge in [0.25, 0.3) is 0 Å². The summed E-state index contributed by atoms with van der Waals surface area (Å²) >= 11 is 8.95. The lowest BCUT2D eigenvalue weighted by molar-refractivity contribution is 0.274. The summed E-state index contributed by atoms with van der Waals surface area (Å²) in [6, 6.07) is 4.36. The van der Waals surface area contributed by atoms with Crippen LogP contribution in [0.1, 0.15) is 6.92 Å². The molecule has 1 aromatic carbocycles.